The van der Waals surface area contributed by atoms with Gasteiger partial charge in [0.25, 0.3) is 0 Å². The van der Waals surface area contributed by atoms with Crippen molar-refractivity contribution in [2.24, 2.45) is 0 Å². The Balaban J connectivity index is 1.97. The highest BCUT2D eigenvalue weighted by molar-refractivity contribution is 5.08. The molecule has 1 N–H and O–H groups in total. The lowest BCUT2D eigenvalue weighted by Crippen LogP contribution is -2.48. The Morgan fingerprint density at radius 1 is 1.30 bits per heavy atom. The monoisotopic (exact) mass is 275 g/mol. The molecule has 0 amide bonds. The Labute approximate surface area is 123 Å². The zero-order valence-corrected chi connectivity index (χ0v) is 13.0. The predicted molar refractivity (Wildman–Crippen MR) is 84.7 cm³/mol. The van der Waals surface area contributed by atoms with E-state index in [0.29, 0.717) is 12.1 Å². The van der Waals surface area contributed by atoms with Gasteiger partial charge in [-0.15, -0.1) is 0 Å². The van der Waals surface area contributed by atoms with Crippen LogP contribution in [-0.4, -0.2) is 35.6 Å². The molecule has 3 heteroatoms. The normalized spacial score (nSPS) is 23.8. The number of hydrogen-bond donors (Lipinski definition) is 1. The van der Waals surface area contributed by atoms with E-state index in [0.717, 1.165) is 13.1 Å². The van der Waals surface area contributed by atoms with Crippen molar-refractivity contribution >= 4 is 0 Å². The predicted octanol–water partition coefficient (Wildman–Crippen LogP) is 3.21. The van der Waals surface area contributed by atoms with Gasteiger partial charge in [-0.1, -0.05) is 32.3 Å². The molecule has 112 valence electrons. The molecule has 1 saturated carbocycles. The van der Waals surface area contributed by atoms with E-state index in [-0.39, 0.29) is 0 Å². The first kappa shape index (κ1) is 15.5. The second-order valence-electron chi connectivity index (χ2n) is 6.04. The van der Waals surface area contributed by atoms with E-state index >= 15 is 0 Å². The fourth-order valence-corrected chi connectivity index (χ4v) is 3.28. The van der Waals surface area contributed by atoms with Gasteiger partial charge in [0.2, 0.25) is 0 Å². The van der Waals surface area contributed by atoms with Gasteiger partial charge in [0, 0.05) is 31.0 Å². The molecule has 0 aromatic carbocycles. The number of rotatable bonds is 6. The van der Waals surface area contributed by atoms with Crippen molar-refractivity contribution in [2.75, 3.05) is 13.6 Å². The van der Waals surface area contributed by atoms with Crippen molar-refractivity contribution in [3.05, 3.63) is 30.1 Å². The maximum absolute atomic E-state index is 4.23. The smallest absolute Gasteiger partial charge is 0.0312 e. The molecule has 1 aromatic heterocycles. The van der Waals surface area contributed by atoms with Gasteiger partial charge in [-0.2, -0.15) is 0 Å². The Bertz CT molecular complexity index is 366. The first-order valence-corrected chi connectivity index (χ1v) is 8.13. The molecule has 1 aliphatic rings. The largest absolute Gasteiger partial charge is 0.312 e. The Morgan fingerprint density at radius 3 is 2.90 bits per heavy atom. The molecule has 0 saturated heterocycles. The van der Waals surface area contributed by atoms with Gasteiger partial charge >= 0.3 is 0 Å². The molecule has 0 aliphatic heterocycles. The number of pyridine rings is 1. The van der Waals surface area contributed by atoms with Crippen molar-refractivity contribution < 1.29 is 0 Å². The van der Waals surface area contributed by atoms with Crippen LogP contribution < -0.4 is 5.32 Å². The molecule has 1 fully saturated rings. The average Bonchev–Trinajstić information content (AvgIpc) is 2.71. The summed E-state index contributed by atoms with van der Waals surface area (Å²) in [7, 11) is 2.27. The second kappa shape index (κ2) is 8.38. The highest BCUT2D eigenvalue weighted by Gasteiger charge is 2.26. The fourth-order valence-electron chi connectivity index (χ4n) is 3.28. The third kappa shape index (κ3) is 4.57. The van der Waals surface area contributed by atoms with Crippen LogP contribution in [0, 0.1) is 0 Å². The number of aromatic nitrogens is 1. The summed E-state index contributed by atoms with van der Waals surface area (Å²) in [6, 6.07) is 5.51. The summed E-state index contributed by atoms with van der Waals surface area (Å²) in [6.45, 7) is 4.39. The summed E-state index contributed by atoms with van der Waals surface area (Å²) in [6.07, 6.45) is 11.8. The maximum atomic E-state index is 4.23. The zero-order valence-electron chi connectivity index (χ0n) is 13.0. The Morgan fingerprint density at radius 2 is 2.15 bits per heavy atom. The van der Waals surface area contributed by atoms with Gasteiger partial charge in [0.15, 0.2) is 0 Å². The van der Waals surface area contributed by atoms with Gasteiger partial charge in [0.05, 0.1) is 0 Å². The van der Waals surface area contributed by atoms with Gasteiger partial charge in [-0.25, -0.2) is 0 Å². The van der Waals surface area contributed by atoms with E-state index in [1.807, 2.05) is 18.5 Å². The molecular weight excluding hydrogens is 246 g/mol. The lowest BCUT2D eigenvalue weighted by Gasteiger charge is -2.34. The van der Waals surface area contributed by atoms with E-state index in [2.05, 4.69) is 35.2 Å². The van der Waals surface area contributed by atoms with Crippen molar-refractivity contribution in [2.45, 2.75) is 64.1 Å². The van der Waals surface area contributed by atoms with Crippen LogP contribution in [0.3, 0.4) is 0 Å². The molecule has 1 aliphatic carbocycles. The molecule has 1 aromatic rings. The lowest BCUT2D eigenvalue weighted by atomic mass is 10.0. The Hall–Kier alpha value is -0.930. The van der Waals surface area contributed by atoms with Crippen molar-refractivity contribution in [3.63, 3.8) is 0 Å². The van der Waals surface area contributed by atoms with Crippen LogP contribution in [0.5, 0.6) is 0 Å². The van der Waals surface area contributed by atoms with Crippen LogP contribution in [-0.2, 0) is 6.54 Å². The molecule has 0 radical (unpaired) electrons. The SMILES string of the molecule is CCCNC1CCCCCC1N(C)Cc1cccnc1. The average molecular weight is 275 g/mol. The van der Waals surface area contributed by atoms with Crippen LogP contribution in [0.15, 0.2) is 24.5 Å². The molecule has 2 unspecified atom stereocenters. The third-order valence-corrected chi connectivity index (χ3v) is 4.36. The minimum atomic E-state index is 0.652. The minimum Gasteiger partial charge on any atom is -0.312 e. The quantitative estimate of drug-likeness (QED) is 0.808. The van der Waals surface area contributed by atoms with Gasteiger partial charge in [0.1, 0.15) is 0 Å². The van der Waals surface area contributed by atoms with Crippen molar-refractivity contribution in [1.29, 1.82) is 0 Å². The zero-order chi connectivity index (χ0) is 14.2. The molecule has 2 atom stereocenters. The highest BCUT2D eigenvalue weighted by Crippen LogP contribution is 2.23. The first-order chi connectivity index (χ1) is 9.81. The van der Waals surface area contributed by atoms with Gasteiger partial charge in [-0.3, -0.25) is 9.88 Å². The minimum absolute atomic E-state index is 0.652. The van der Waals surface area contributed by atoms with Crippen molar-refractivity contribution in [3.8, 4) is 0 Å². The summed E-state index contributed by atoms with van der Waals surface area (Å²) in [5, 5.41) is 3.77. The second-order valence-corrected chi connectivity index (χ2v) is 6.04. The topological polar surface area (TPSA) is 28.2 Å². The van der Waals surface area contributed by atoms with Crippen LogP contribution in [0.25, 0.3) is 0 Å². The van der Waals surface area contributed by atoms with E-state index in [1.165, 1.54) is 44.1 Å². The van der Waals surface area contributed by atoms with Crippen LogP contribution in [0.4, 0.5) is 0 Å². The van der Waals surface area contributed by atoms with E-state index in [9.17, 15) is 0 Å². The summed E-state index contributed by atoms with van der Waals surface area (Å²) in [5.74, 6) is 0. The Kier molecular flexibility index (Phi) is 6.48. The van der Waals surface area contributed by atoms with E-state index in [4.69, 9.17) is 0 Å². The number of nitrogens with one attached hydrogen (secondary N) is 1. The lowest BCUT2D eigenvalue weighted by molar-refractivity contribution is 0.174. The molecule has 0 bridgehead atoms. The summed E-state index contributed by atoms with van der Waals surface area (Å²) in [4.78, 5) is 6.75. The number of nitrogens with zero attached hydrogens (tertiary/aromatic N) is 2. The number of hydrogen-bond acceptors (Lipinski definition) is 3. The standard InChI is InChI=1S/C17H29N3/c1-3-11-19-16-9-5-4-6-10-17(16)20(2)14-15-8-7-12-18-13-15/h7-8,12-13,16-17,19H,3-6,9-11,14H2,1-2H3. The molecule has 20 heavy (non-hydrogen) atoms. The molecule has 2 rings (SSSR count). The summed E-state index contributed by atoms with van der Waals surface area (Å²) >= 11 is 0. The first-order valence-electron chi connectivity index (χ1n) is 8.13. The van der Waals surface area contributed by atoms with E-state index in [1.54, 1.807) is 0 Å². The molecule has 3 nitrogen and oxygen atoms in total. The summed E-state index contributed by atoms with van der Waals surface area (Å²) in [5.41, 5.74) is 1.31. The third-order valence-electron chi connectivity index (χ3n) is 4.36. The summed E-state index contributed by atoms with van der Waals surface area (Å²) < 4.78 is 0. The van der Waals surface area contributed by atoms with Crippen LogP contribution >= 0.6 is 0 Å². The molecule has 0 spiro atoms. The maximum Gasteiger partial charge on any atom is 0.0312 e. The fraction of sp³-hybridized carbons (Fsp3) is 0.706. The molecule has 1 heterocycles. The highest BCUT2D eigenvalue weighted by atomic mass is 15.2. The van der Waals surface area contributed by atoms with Gasteiger partial charge < -0.3 is 5.32 Å². The van der Waals surface area contributed by atoms with Crippen molar-refractivity contribution in [1.82, 2.24) is 15.2 Å². The van der Waals surface area contributed by atoms with Crippen LogP contribution in [0.2, 0.25) is 0 Å². The van der Waals surface area contributed by atoms with Gasteiger partial charge in [-0.05, 0) is 44.5 Å². The molecular formula is C17H29N3. The van der Waals surface area contributed by atoms with E-state index < -0.39 is 0 Å². The van der Waals surface area contributed by atoms with Crippen LogP contribution in [0.1, 0.15) is 51.0 Å². The number of likely N-dealkylation sites (N-methyl/N-ethyl adjacent to an activating group) is 1.